The van der Waals surface area contributed by atoms with Gasteiger partial charge in [0.2, 0.25) is 5.91 Å². The highest BCUT2D eigenvalue weighted by atomic mass is 32.1. The first-order valence-corrected chi connectivity index (χ1v) is 7.27. The van der Waals surface area contributed by atoms with Gasteiger partial charge in [-0.1, -0.05) is 12.1 Å². The molecule has 0 radical (unpaired) electrons. The van der Waals surface area contributed by atoms with E-state index in [1.54, 1.807) is 6.08 Å². The molecule has 1 aromatic carbocycles. The van der Waals surface area contributed by atoms with Crippen LogP contribution in [0.15, 0.2) is 35.7 Å². The summed E-state index contributed by atoms with van der Waals surface area (Å²) in [6, 6.07) is 4.68. The van der Waals surface area contributed by atoms with E-state index in [2.05, 4.69) is 10.3 Å². The van der Waals surface area contributed by atoms with Crippen LogP contribution in [0.1, 0.15) is 21.8 Å². The topological polar surface area (TPSA) is 42.0 Å². The molecule has 0 bridgehead atoms. The molecule has 7 heteroatoms. The number of hydrogen-bond donors (Lipinski definition) is 1. The third-order valence-corrected chi connectivity index (χ3v) is 3.58. The van der Waals surface area contributed by atoms with Gasteiger partial charge in [0, 0.05) is 18.0 Å². The van der Waals surface area contributed by atoms with Crippen LogP contribution in [0, 0.1) is 6.92 Å². The molecule has 0 aliphatic carbocycles. The highest BCUT2D eigenvalue weighted by Crippen LogP contribution is 2.29. The lowest BCUT2D eigenvalue weighted by atomic mass is 10.1. The van der Waals surface area contributed by atoms with Gasteiger partial charge >= 0.3 is 6.18 Å². The summed E-state index contributed by atoms with van der Waals surface area (Å²) in [4.78, 5) is 15.8. The van der Waals surface area contributed by atoms with Crippen molar-refractivity contribution < 1.29 is 18.0 Å². The second-order valence-corrected chi connectivity index (χ2v) is 5.60. The summed E-state index contributed by atoms with van der Waals surface area (Å²) in [6.45, 7) is 2.03. The van der Waals surface area contributed by atoms with Crippen molar-refractivity contribution in [2.75, 3.05) is 0 Å². The summed E-state index contributed by atoms with van der Waals surface area (Å²) >= 11 is 1.48. The minimum Gasteiger partial charge on any atom is -0.348 e. The van der Waals surface area contributed by atoms with Crippen molar-refractivity contribution in [3.63, 3.8) is 0 Å². The van der Waals surface area contributed by atoms with Crippen molar-refractivity contribution >= 4 is 23.3 Å². The highest BCUT2D eigenvalue weighted by Gasteiger charge is 2.29. The molecule has 1 amide bonds. The van der Waals surface area contributed by atoms with Gasteiger partial charge in [0.25, 0.3) is 0 Å². The third-order valence-electron chi connectivity index (χ3n) is 2.79. The Kier molecular flexibility index (Phi) is 4.97. The maximum Gasteiger partial charge on any atom is 0.416 e. The van der Waals surface area contributed by atoms with Gasteiger partial charge in [0.1, 0.15) is 0 Å². The Morgan fingerprint density at radius 3 is 2.55 bits per heavy atom. The van der Waals surface area contributed by atoms with Crippen LogP contribution in [0.25, 0.3) is 6.08 Å². The molecule has 2 aromatic rings. The molecule has 22 heavy (non-hydrogen) atoms. The lowest BCUT2D eigenvalue weighted by molar-refractivity contribution is -0.137. The lowest BCUT2D eigenvalue weighted by Crippen LogP contribution is -2.20. The molecule has 1 aromatic heterocycles. The van der Waals surface area contributed by atoms with Crippen molar-refractivity contribution in [1.29, 1.82) is 0 Å². The molecule has 0 spiro atoms. The average molecular weight is 326 g/mol. The van der Waals surface area contributed by atoms with Gasteiger partial charge < -0.3 is 5.32 Å². The van der Waals surface area contributed by atoms with E-state index < -0.39 is 11.7 Å². The van der Waals surface area contributed by atoms with Gasteiger partial charge in [0.05, 0.1) is 16.3 Å². The van der Waals surface area contributed by atoms with Gasteiger partial charge in [0.15, 0.2) is 0 Å². The monoisotopic (exact) mass is 326 g/mol. The number of hydrogen-bond acceptors (Lipinski definition) is 3. The maximum atomic E-state index is 12.4. The van der Waals surface area contributed by atoms with Crippen LogP contribution in [0.5, 0.6) is 0 Å². The Bertz CT molecular complexity index is 675. The van der Waals surface area contributed by atoms with Gasteiger partial charge in [-0.2, -0.15) is 13.2 Å². The number of nitrogens with zero attached hydrogens (tertiary/aromatic N) is 1. The van der Waals surface area contributed by atoms with E-state index in [0.29, 0.717) is 11.3 Å². The zero-order valence-corrected chi connectivity index (χ0v) is 12.5. The van der Waals surface area contributed by atoms with Crippen LogP contribution in [-0.2, 0) is 17.5 Å². The molecule has 3 nitrogen and oxygen atoms in total. The van der Waals surface area contributed by atoms with E-state index in [-0.39, 0.29) is 12.5 Å². The number of nitrogens with one attached hydrogen (secondary N) is 1. The number of benzene rings is 1. The second-order valence-electron chi connectivity index (χ2n) is 4.54. The smallest absolute Gasteiger partial charge is 0.348 e. The summed E-state index contributed by atoms with van der Waals surface area (Å²) in [5.41, 5.74) is 0.591. The van der Waals surface area contributed by atoms with E-state index in [1.165, 1.54) is 29.5 Å². The van der Waals surface area contributed by atoms with Gasteiger partial charge in [-0.05, 0) is 30.7 Å². The first-order valence-electron chi connectivity index (χ1n) is 6.39. The van der Waals surface area contributed by atoms with Gasteiger partial charge in [-0.25, -0.2) is 4.98 Å². The summed E-state index contributed by atoms with van der Waals surface area (Å²) in [5.74, 6) is -0.328. The predicted octanol–water partition coefficient (Wildman–Crippen LogP) is 3.80. The van der Waals surface area contributed by atoms with Crippen molar-refractivity contribution in [2.45, 2.75) is 19.6 Å². The molecule has 1 heterocycles. The molecule has 2 rings (SSSR count). The Morgan fingerprint density at radius 1 is 1.32 bits per heavy atom. The lowest BCUT2D eigenvalue weighted by Gasteiger charge is -2.07. The van der Waals surface area contributed by atoms with E-state index in [9.17, 15) is 18.0 Å². The Labute approximate surface area is 129 Å². The summed E-state index contributed by atoms with van der Waals surface area (Å²) < 4.78 is 37.2. The van der Waals surface area contributed by atoms with E-state index in [4.69, 9.17) is 0 Å². The maximum absolute atomic E-state index is 12.4. The van der Waals surface area contributed by atoms with Crippen LogP contribution >= 0.6 is 11.3 Å². The molecule has 0 saturated heterocycles. The Hall–Kier alpha value is -2.15. The van der Waals surface area contributed by atoms with Crippen molar-refractivity contribution in [3.05, 3.63) is 57.6 Å². The number of carbonyl (C=O) groups excluding carboxylic acids is 1. The molecule has 0 aliphatic heterocycles. The summed E-state index contributed by atoms with van der Waals surface area (Å²) in [5, 5.41) is 5.34. The number of aromatic nitrogens is 1. The molecule has 0 saturated carbocycles. The van der Waals surface area contributed by atoms with Crippen molar-refractivity contribution in [2.24, 2.45) is 0 Å². The first kappa shape index (κ1) is 16.2. The van der Waals surface area contributed by atoms with E-state index >= 15 is 0 Å². The zero-order valence-electron chi connectivity index (χ0n) is 11.6. The second kappa shape index (κ2) is 6.74. The normalized spacial score (nSPS) is 11.8. The number of amides is 1. The van der Waals surface area contributed by atoms with Crippen molar-refractivity contribution in [3.8, 4) is 0 Å². The molecule has 116 valence electrons. The van der Waals surface area contributed by atoms with E-state index in [1.807, 2.05) is 12.3 Å². The average Bonchev–Trinajstić information content (AvgIpc) is 2.88. The predicted molar refractivity (Wildman–Crippen MR) is 79.2 cm³/mol. The number of aryl methyl sites for hydroxylation is 1. The standard InChI is InChI=1S/C15H13F3N2OS/c1-10-20-13(9-22-10)6-7-14(21)19-8-11-2-4-12(5-3-11)15(16,17)18/h2-7,9H,8H2,1H3,(H,19,21)/b7-6+. The highest BCUT2D eigenvalue weighted by molar-refractivity contribution is 7.09. The van der Waals surface area contributed by atoms with E-state index in [0.717, 1.165) is 17.1 Å². The minimum atomic E-state index is -4.35. The molecule has 1 N–H and O–H groups in total. The number of halogens is 3. The molecule has 0 fully saturated rings. The van der Waals surface area contributed by atoms with Crippen molar-refractivity contribution in [1.82, 2.24) is 10.3 Å². The van der Waals surface area contributed by atoms with Crippen LogP contribution in [0.3, 0.4) is 0 Å². The Morgan fingerprint density at radius 2 is 2.00 bits per heavy atom. The molecular formula is C15H13F3N2OS. The zero-order chi connectivity index (χ0) is 16.2. The number of carbonyl (C=O) groups is 1. The SMILES string of the molecule is Cc1nc(/C=C/C(=O)NCc2ccc(C(F)(F)F)cc2)cs1. The fourth-order valence-corrected chi connectivity index (χ4v) is 2.26. The van der Waals surface area contributed by atoms with Crippen LogP contribution in [-0.4, -0.2) is 10.9 Å². The number of alkyl halides is 3. The fraction of sp³-hybridized carbons (Fsp3) is 0.200. The van der Waals surface area contributed by atoms with Gasteiger partial charge in [-0.3, -0.25) is 4.79 Å². The molecular weight excluding hydrogens is 313 g/mol. The minimum absolute atomic E-state index is 0.164. The van der Waals surface area contributed by atoms with Crippen LogP contribution in [0.4, 0.5) is 13.2 Å². The van der Waals surface area contributed by atoms with Gasteiger partial charge in [-0.15, -0.1) is 11.3 Å². The quantitative estimate of drug-likeness (QED) is 0.868. The Balaban J connectivity index is 1.87. The number of thiazole rings is 1. The third kappa shape index (κ3) is 4.70. The first-order chi connectivity index (χ1) is 10.3. The van der Waals surface area contributed by atoms with Crippen LogP contribution in [0.2, 0.25) is 0 Å². The fourth-order valence-electron chi connectivity index (χ4n) is 1.68. The summed E-state index contributed by atoms with van der Waals surface area (Å²) in [7, 11) is 0. The molecule has 0 aliphatic rings. The number of rotatable bonds is 4. The summed E-state index contributed by atoms with van der Waals surface area (Å²) in [6.07, 6.45) is -1.42. The molecule has 0 atom stereocenters. The van der Waals surface area contributed by atoms with Crippen LogP contribution < -0.4 is 5.32 Å². The largest absolute Gasteiger partial charge is 0.416 e. The molecule has 0 unspecified atom stereocenters.